The maximum absolute atomic E-state index is 12.4. The second-order valence-electron chi connectivity index (χ2n) is 5.87. The lowest BCUT2D eigenvalue weighted by atomic mass is 10.0. The minimum atomic E-state index is -0.457. The number of methoxy groups -OCH3 is 1. The van der Waals surface area contributed by atoms with Crippen LogP contribution in [0.25, 0.3) is 0 Å². The number of nitroso groups, excluding NO2 is 2. The van der Waals surface area contributed by atoms with Gasteiger partial charge in [0.25, 0.3) is 0 Å². The molecule has 25 heavy (non-hydrogen) atoms. The first-order valence-electron chi connectivity index (χ1n) is 8.44. The van der Waals surface area contributed by atoms with E-state index in [1.807, 2.05) is 0 Å². The van der Waals surface area contributed by atoms with Crippen LogP contribution in [0.1, 0.15) is 51.4 Å². The van der Waals surface area contributed by atoms with E-state index in [4.69, 9.17) is 4.74 Å². The lowest BCUT2D eigenvalue weighted by Crippen LogP contribution is -2.48. The van der Waals surface area contributed by atoms with Gasteiger partial charge in [-0.05, 0) is 38.5 Å². The van der Waals surface area contributed by atoms with Gasteiger partial charge in [0.05, 0.1) is 7.11 Å². The zero-order valence-electron chi connectivity index (χ0n) is 14.4. The van der Waals surface area contributed by atoms with Gasteiger partial charge < -0.3 is 9.64 Å². The van der Waals surface area contributed by atoms with Crippen molar-refractivity contribution in [2.24, 2.45) is 9.16 Å². The molecule has 1 amide bonds. The fraction of sp³-hybridized carbons (Fsp3) is 0.867. The first-order valence-corrected chi connectivity index (χ1v) is 10.2. The molecule has 0 bridgehead atoms. The molecule has 0 aromatic rings. The lowest BCUT2D eigenvalue weighted by molar-refractivity contribution is -0.154. The molecule has 1 aliphatic heterocycles. The monoisotopic (exact) mass is 391 g/mol. The molecule has 0 spiro atoms. The minimum absolute atomic E-state index is 0.0199. The minimum Gasteiger partial charge on any atom is -0.467 e. The summed E-state index contributed by atoms with van der Waals surface area (Å²) in [5.41, 5.74) is 0. The molecule has 0 aliphatic carbocycles. The molecule has 1 aliphatic rings. The number of carbonyl (C=O) groups is 2. The van der Waals surface area contributed by atoms with Gasteiger partial charge in [-0.15, -0.1) is 9.81 Å². The molecule has 10 heteroatoms. The summed E-state index contributed by atoms with van der Waals surface area (Å²) in [5, 5.41) is 0.0413. The summed E-state index contributed by atoms with van der Waals surface area (Å²) in [7, 11) is 1.34. The van der Waals surface area contributed by atoms with Gasteiger partial charge in [-0.2, -0.15) is 0 Å². The fourth-order valence-corrected chi connectivity index (χ4v) is 4.17. The van der Waals surface area contributed by atoms with Gasteiger partial charge in [-0.3, -0.25) is 4.79 Å². The van der Waals surface area contributed by atoms with Crippen LogP contribution in [0, 0.1) is 9.81 Å². The summed E-state index contributed by atoms with van der Waals surface area (Å²) in [6, 6.07) is -0.457. The third kappa shape index (κ3) is 8.17. The summed E-state index contributed by atoms with van der Waals surface area (Å²) < 4.78 is 10.4. The van der Waals surface area contributed by atoms with Crippen LogP contribution in [-0.2, 0) is 14.3 Å². The molecule has 2 unspecified atom stereocenters. The standard InChI is InChI=1S/C15H25N3O5S2/c1-23-15(20)13-7-4-5-10-18(13)14(19)8-3-2-6-12(25-17-22)9-11-24-16-21/h12-13H,2-11H2,1H3. The quantitative estimate of drug-likeness (QED) is 0.216. The van der Waals surface area contributed by atoms with Gasteiger partial charge >= 0.3 is 5.97 Å². The van der Waals surface area contributed by atoms with Gasteiger partial charge in [-0.25, -0.2) is 4.79 Å². The van der Waals surface area contributed by atoms with Crippen molar-refractivity contribution in [2.45, 2.75) is 62.7 Å². The Labute approximate surface area is 156 Å². The average Bonchev–Trinajstić information content (AvgIpc) is 2.64. The van der Waals surface area contributed by atoms with Crippen LogP contribution in [0.4, 0.5) is 0 Å². The van der Waals surface area contributed by atoms with Crippen LogP contribution in [0.2, 0.25) is 0 Å². The average molecular weight is 392 g/mol. The number of amides is 1. The Balaban J connectivity index is 2.35. The Hall–Kier alpha value is -1.16. The maximum Gasteiger partial charge on any atom is 0.328 e. The largest absolute Gasteiger partial charge is 0.467 e. The van der Waals surface area contributed by atoms with E-state index in [-0.39, 0.29) is 17.1 Å². The second kappa shape index (κ2) is 13.1. The summed E-state index contributed by atoms with van der Waals surface area (Å²) in [6.07, 6.45) is 5.78. The van der Waals surface area contributed by atoms with Gasteiger partial charge in [0.2, 0.25) is 5.91 Å². The molecular formula is C15H25N3O5S2. The van der Waals surface area contributed by atoms with Crippen LogP contribution in [0.3, 0.4) is 0 Å². The molecule has 1 rings (SSSR count). The molecule has 0 aromatic carbocycles. The van der Waals surface area contributed by atoms with E-state index < -0.39 is 6.04 Å². The lowest BCUT2D eigenvalue weighted by Gasteiger charge is -2.33. The van der Waals surface area contributed by atoms with E-state index in [0.29, 0.717) is 38.0 Å². The van der Waals surface area contributed by atoms with Crippen LogP contribution in [0.15, 0.2) is 9.16 Å². The first-order chi connectivity index (χ1) is 12.1. The van der Waals surface area contributed by atoms with Crippen molar-refractivity contribution in [1.29, 1.82) is 0 Å². The van der Waals surface area contributed by atoms with E-state index in [2.05, 4.69) is 9.16 Å². The Bertz CT molecular complexity index is 453. The van der Waals surface area contributed by atoms with Crippen molar-refractivity contribution in [1.82, 2.24) is 4.90 Å². The molecule has 142 valence electrons. The summed E-state index contributed by atoms with van der Waals surface area (Å²) in [5.74, 6) is 0.195. The van der Waals surface area contributed by atoms with E-state index in [0.717, 1.165) is 49.6 Å². The number of carbonyl (C=O) groups excluding carboxylic acids is 2. The summed E-state index contributed by atoms with van der Waals surface area (Å²) in [4.78, 5) is 46.4. The second-order valence-corrected chi connectivity index (χ2v) is 7.71. The number of hydrogen-bond donors (Lipinski definition) is 0. The van der Waals surface area contributed by atoms with Crippen molar-refractivity contribution in [3.05, 3.63) is 9.81 Å². The molecular weight excluding hydrogens is 366 g/mol. The topological polar surface area (TPSA) is 105 Å². The smallest absolute Gasteiger partial charge is 0.328 e. The van der Waals surface area contributed by atoms with Gasteiger partial charge in [0.15, 0.2) is 0 Å². The number of piperidine rings is 1. The van der Waals surface area contributed by atoms with Crippen molar-refractivity contribution >= 4 is 35.8 Å². The van der Waals surface area contributed by atoms with Crippen molar-refractivity contribution in [3.63, 3.8) is 0 Å². The Kier molecular flexibility index (Phi) is 11.5. The SMILES string of the molecule is COC(=O)C1CCCCN1C(=O)CCCCC(CCSN=O)SN=O. The van der Waals surface area contributed by atoms with E-state index >= 15 is 0 Å². The number of likely N-dealkylation sites (tertiary alicyclic amines) is 1. The van der Waals surface area contributed by atoms with Gasteiger partial charge in [0.1, 0.15) is 6.04 Å². The normalized spacial score (nSPS) is 18.4. The molecule has 1 saturated heterocycles. The highest BCUT2D eigenvalue weighted by Crippen LogP contribution is 2.24. The van der Waals surface area contributed by atoms with E-state index in [9.17, 15) is 19.4 Å². The predicted octanol–water partition coefficient (Wildman–Crippen LogP) is 3.69. The van der Waals surface area contributed by atoms with Crippen LogP contribution >= 0.6 is 23.9 Å². The zero-order valence-corrected chi connectivity index (χ0v) is 16.1. The van der Waals surface area contributed by atoms with Crippen LogP contribution < -0.4 is 0 Å². The summed E-state index contributed by atoms with van der Waals surface area (Å²) >= 11 is 1.91. The first kappa shape index (κ1) is 21.9. The Morgan fingerprint density at radius 2 is 2.00 bits per heavy atom. The molecule has 2 atom stereocenters. The van der Waals surface area contributed by atoms with Crippen molar-refractivity contribution in [2.75, 3.05) is 19.4 Å². The number of rotatable bonds is 12. The maximum atomic E-state index is 12.4. The predicted molar refractivity (Wildman–Crippen MR) is 99.9 cm³/mol. The Morgan fingerprint density at radius 1 is 1.20 bits per heavy atom. The van der Waals surface area contributed by atoms with Crippen molar-refractivity contribution in [3.8, 4) is 0 Å². The Morgan fingerprint density at radius 3 is 2.68 bits per heavy atom. The van der Waals surface area contributed by atoms with Gasteiger partial charge in [-0.1, -0.05) is 6.42 Å². The fourth-order valence-electron chi connectivity index (χ4n) is 2.94. The van der Waals surface area contributed by atoms with Gasteiger partial charge in [0, 0.05) is 57.0 Å². The number of nitrogens with zero attached hydrogens (tertiary/aromatic N) is 3. The molecule has 8 nitrogen and oxygen atoms in total. The molecule has 0 radical (unpaired) electrons. The van der Waals surface area contributed by atoms with Crippen LogP contribution in [0.5, 0.6) is 0 Å². The third-order valence-electron chi connectivity index (χ3n) is 4.24. The highest BCUT2D eigenvalue weighted by Gasteiger charge is 2.32. The summed E-state index contributed by atoms with van der Waals surface area (Å²) in [6.45, 7) is 0.599. The zero-order chi connectivity index (χ0) is 18.5. The highest BCUT2D eigenvalue weighted by atomic mass is 32.2. The molecule has 1 heterocycles. The number of ether oxygens (including phenoxy) is 1. The third-order valence-corrected chi connectivity index (χ3v) is 5.62. The van der Waals surface area contributed by atoms with Crippen molar-refractivity contribution < 1.29 is 14.3 Å². The molecule has 0 aromatic heterocycles. The van der Waals surface area contributed by atoms with E-state index in [1.54, 1.807) is 4.90 Å². The van der Waals surface area contributed by atoms with E-state index in [1.165, 1.54) is 7.11 Å². The number of unbranched alkanes of at least 4 members (excludes halogenated alkanes) is 1. The molecule has 0 N–H and O–H groups in total. The molecule has 0 saturated carbocycles. The molecule has 1 fully saturated rings. The highest BCUT2D eigenvalue weighted by molar-refractivity contribution is 7.99. The number of esters is 1. The van der Waals surface area contributed by atoms with Crippen LogP contribution in [-0.4, -0.2) is 47.5 Å². The number of hydrogen-bond acceptors (Lipinski definition) is 9.